The van der Waals surface area contributed by atoms with E-state index in [9.17, 15) is 8.42 Å². The highest BCUT2D eigenvalue weighted by Crippen LogP contribution is 2.19. The second kappa shape index (κ2) is 6.18. The molecule has 17 heavy (non-hydrogen) atoms. The summed E-state index contributed by atoms with van der Waals surface area (Å²) in [5, 5.41) is 11.5. The van der Waals surface area contributed by atoms with Gasteiger partial charge in [-0.15, -0.1) is 0 Å². The maximum Gasteiger partial charge on any atom is 0.216 e. The summed E-state index contributed by atoms with van der Waals surface area (Å²) in [6.07, 6.45) is 1.17. The molecule has 0 aromatic carbocycles. The van der Waals surface area contributed by atoms with Gasteiger partial charge in [0.15, 0.2) is 0 Å². The second-order valence-corrected chi connectivity index (χ2v) is 6.10. The Bertz CT molecular complexity index is 360. The molecule has 0 radical (unpaired) electrons. The van der Waals surface area contributed by atoms with Gasteiger partial charge in [-0.3, -0.25) is 0 Å². The van der Waals surface area contributed by atoms with Crippen LogP contribution in [0.15, 0.2) is 5.16 Å². The monoisotopic (exact) mass is 265 g/mol. The molecule has 0 aliphatic carbocycles. The highest BCUT2D eigenvalue weighted by Gasteiger charge is 2.29. The van der Waals surface area contributed by atoms with Crippen LogP contribution in [0.2, 0.25) is 0 Å². The normalized spacial score (nSPS) is 20.6. The summed E-state index contributed by atoms with van der Waals surface area (Å²) in [7, 11) is -1.76. The first-order valence-electron chi connectivity index (χ1n) is 5.45. The van der Waals surface area contributed by atoms with Gasteiger partial charge in [0.05, 0.1) is 12.4 Å². The number of hydrogen-bond acceptors (Lipinski definition) is 5. The van der Waals surface area contributed by atoms with Crippen LogP contribution in [0.5, 0.6) is 0 Å². The van der Waals surface area contributed by atoms with Gasteiger partial charge < -0.3 is 15.7 Å². The average molecular weight is 265 g/mol. The van der Waals surface area contributed by atoms with E-state index >= 15 is 0 Å². The molecule has 0 amide bonds. The Hall–Kier alpha value is -0.860. The molecule has 8 heteroatoms. The van der Waals surface area contributed by atoms with Crippen LogP contribution in [0.3, 0.4) is 0 Å². The molecule has 1 rings (SSSR count). The molecule has 0 atom stereocenters. The van der Waals surface area contributed by atoms with Crippen LogP contribution in [-0.2, 0) is 14.8 Å². The molecule has 1 fully saturated rings. The van der Waals surface area contributed by atoms with E-state index in [4.69, 9.17) is 15.7 Å². The Kier molecular flexibility index (Phi) is 5.16. The number of hydrogen-bond donors (Lipinski definition) is 2. The van der Waals surface area contributed by atoms with Crippen LogP contribution in [0.1, 0.15) is 12.8 Å². The molecule has 0 aromatic rings. The summed E-state index contributed by atoms with van der Waals surface area (Å²) in [4.78, 5) is 0. The lowest BCUT2D eigenvalue weighted by Crippen LogP contribution is -2.43. The number of rotatable bonds is 5. The van der Waals surface area contributed by atoms with E-state index in [1.54, 1.807) is 0 Å². The smallest absolute Gasteiger partial charge is 0.216 e. The van der Waals surface area contributed by atoms with Gasteiger partial charge in [-0.1, -0.05) is 5.16 Å². The fourth-order valence-corrected chi connectivity index (χ4v) is 3.23. The Balaban J connectivity index is 2.52. The molecular weight excluding hydrogens is 246 g/mol. The van der Waals surface area contributed by atoms with Crippen LogP contribution in [0.4, 0.5) is 0 Å². The topological polar surface area (TPSA) is 105 Å². The molecule has 100 valence electrons. The third-order valence-electron chi connectivity index (χ3n) is 2.93. The van der Waals surface area contributed by atoms with Crippen LogP contribution < -0.4 is 5.73 Å². The SMILES string of the molecule is COCCS(=O)(=O)N1CCC(C(N)=NO)CC1. The Morgan fingerprint density at radius 3 is 2.59 bits per heavy atom. The summed E-state index contributed by atoms with van der Waals surface area (Å²) in [5.41, 5.74) is 5.49. The van der Waals surface area contributed by atoms with Crippen LogP contribution in [-0.4, -0.2) is 56.3 Å². The fraction of sp³-hybridized carbons (Fsp3) is 0.889. The largest absolute Gasteiger partial charge is 0.409 e. The minimum absolute atomic E-state index is 0.00224. The first-order chi connectivity index (χ1) is 8.01. The van der Waals surface area contributed by atoms with Gasteiger partial charge in [0.2, 0.25) is 10.0 Å². The number of nitrogens with zero attached hydrogens (tertiary/aromatic N) is 2. The lowest BCUT2D eigenvalue weighted by Gasteiger charge is -2.30. The molecule has 0 spiro atoms. The van der Waals surface area contributed by atoms with Crippen molar-refractivity contribution in [1.82, 2.24) is 4.31 Å². The van der Waals surface area contributed by atoms with Crippen molar-refractivity contribution in [2.24, 2.45) is 16.8 Å². The predicted molar refractivity (Wildman–Crippen MR) is 63.4 cm³/mol. The summed E-state index contributed by atoms with van der Waals surface area (Å²) in [5.74, 6) is 0.144. The molecule has 0 saturated carbocycles. The minimum atomic E-state index is -3.24. The van der Waals surface area contributed by atoms with Crippen molar-refractivity contribution in [3.63, 3.8) is 0 Å². The highest BCUT2D eigenvalue weighted by molar-refractivity contribution is 7.89. The van der Waals surface area contributed by atoms with Gasteiger partial charge in [-0.05, 0) is 12.8 Å². The van der Waals surface area contributed by atoms with Gasteiger partial charge in [0.25, 0.3) is 0 Å². The zero-order valence-electron chi connectivity index (χ0n) is 9.87. The number of sulfonamides is 1. The van der Waals surface area contributed by atoms with E-state index in [1.807, 2.05) is 0 Å². The molecule has 1 aliphatic rings. The molecule has 1 heterocycles. The van der Waals surface area contributed by atoms with E-state index in [2.05, 4.69) is 5.16 Å². The number of methoxy groups -OCH3 is 1. The lowest BCUT2D eigenvalue weighted by atomic mass is 9.97. The Labute approximate surface area is 101 Å². The molecule has 1 aliphatic heterocycles. The van der Waals surface area contributed by atoms with Gasteiger partial charge in [0.1, 0.15) is 5.84 Å². The molecule has 0 unspecified atom stereocenters. The fourth-order valence-electron chi connectivity index (χ4n) is 1.83. The first-order valence-corrected chi connectivity index (χ1v) is 7.06. The quantitative estimate of drug-likeness (QED) is 0.299. The van der Waals surface area contributed by atoms with Crippen molar-refractivity contribution >= 4 is 15.9 Å². The first kappa shape index (κ1) is 14.2. The summed E-state index contributed by atoms with van der Waals surface area (Å²) < 4.78 is 29.9. The standard InChI is InChI=1S/C9H19N3O4S/c1-16-6-7-17(14,15)12-4-2-8(3-5-12)9(10)11-13/h8,13H,2-7H2,1H3,(H2,10,11). The Morgan fingerprint density at radius 2 is 2.12 bits per heavy atom. The molecular formula is C9H19N3O4S. The second-order valence-electron chi connectivity index (χ2n) is 4.01. The Morgan fingerprint density at radius 1 is 1.53 bits per heavy atom. The highest BCUT2D eigenvalue weighted by atomic mass is 32.2. The van der Waals surface area contributed by atoms with E-state index < -0.39 is 10.0 Å². The maximum atomic E-state index is 11.8. The minimum Gasteiger partial charge on any atom is -0.409 e. The van der Waals surface area contributed by atoms with Crippen molar-refractivity contribution in [2.45, 2.75) is 12.8 Å². The van der Waals surface area contributed by atoms with Crippen LogP contribution in [0.25, 0.3) is 0 Å². The molecule has 1 saturated heterocycles. The molecule has 0 bridgehead atoms. The number of ether oxygens (including phenoxy) is 1. The maximum absolute atomic E-state index is 11.8. The van der Waals surface area contributed by atoms with E-state index in [0.717, 1.165) is 0 Å². The predicted octanol–water partition coefficient (Wildman–Crippen LogP) is -0.579. The third-order valence-corrected chi connectivity index (χ3v) is 4.76. The number of nitrogens with two attached hydrogens (primary N) is 1. The molecule has 0 aromatic heterocycles. The van der Waals surface area contributed by atoms with Crippen molar-refractivity contribution in [3.8, 4) is 0 Å². The van der Waals surface area contributed by atoms with E-state index in [0.29, 0.717) is 25.9 Å². The zero-order chi connectivity index (χ0) is 12.9. The lowest BCUT2D eigenvalue weighted by molar-refractivity contribution is 0.214. The van der Waals surface area contributed by atoms with Crippen molar-refractivity contribution in [1.29, 1.82) is 0 Å². The number of piperidine rings is 1. The third kappa shape index (κ3) is 3.83. The van der Waals surface area contributed by atoms with Gasteiger partial charge in [-0.2, -0.15) is 0 Å². The van der Waals surface area contributed by atoms with Crippen molar-refractivity contribution < 1.29 is 18.4 Å². The van der Waals surface area contributed by atoms with E-state index in [-0.39, 0.29) is 24.1 Å². The zero-order valence-corrected chi connectivity index (χ0v) is 10.7. The van der Waals surface area contributed by atoms with Crippen molar-refractivity contribution in [3.05, 3.63) is 0 Å². The molecule has 3 N–H and O–H groups in total. The molecule has 7 nitrogen and oxygen atoms in total. The van der Waals surface area contributed by atoms with Gasteiger partial charge in [-0.25, -0.2) is 12.7 Å². The van der Waals surface area contributed by atoms with Gasteiger partial charge >= 0.3 is 0 Å². The average Bonchev–Trinajstić information content (AvgIpc) is 2.35. The number of amidine groups is 1. The number of oxime groups is 1. The van der Waals surface area contributed by atoms with Crippen molar-refractivity contribution in [2.75, 3.05) is 32.6 Å². The summed E-state index contributed by atoms with van der Waals surface area (Å²) in [6, 6.07) is 0. The summed E-state index contributed by atoms with van der Waals surface area (Å²) >= 11 is 0. The van der Waals surface area contributed by atoms with Crippen LogP contribution in [0, 0.1) is 5.92 Å². The summed E-state index contributed by atoms with van der Waals surface area (Å²) in [6.45, 7) is 1.02. The van der Waals surface area contributed by atoms with E-state index in [1.165, 1.54) is 11.4 Å². The van der Waals surface area contributed by atoms with Crippen LogP contribution >= 0.6 is 0 Å². The van der Waals surface area contributed by atoms with Gasteiger partial charge in [0, 0.05) is 26.1 Å².